The summed E-state index contributed by atoms with van der Waals surface area (Å²) >= 11 is 5.69. The van der Waals surface area contributed by atoms with Crippen LogP contribution in [0.25, 0.3) is 0 Å². The molecule has 2 N–H and O–H groups in total. The first-order valence-electron chi connectivity index (χ1n) is 6.62. The van der Waals surface area contributed by atoms with Crippen LogP contribution in [-0.2, 0) is 4.79 Å². The molecule has 0 saturated heterocycles. The number of rotatable bonds is 4. The zero-order valence-electron chi connectivity index (χ0n) is 12.4. The number of halogens is 2. The van der Waals surface area contributed by atoms with Gasteiger partial charge in [0.15, 0.2) is 0 Å². The first-order chi connectivity index (χ1) is 10.9. The van der Waals surface area contributed by atoms with Crippen LogP contribution in [0.15, 0.2) is 36.4 Å². The van der Waals surface area contributed by atoms with Gasteiger partial charge in [0, 0.05) is 18.3 Å². The SMILES string of the molecule is COc1ccc(NC(C)=O)cc1C(=O)Nc1ccc(F)c(Cl)c1. The fraction of sp³-hybridized carbons (Fsp3) is 0.125. The summed E-state index contributed by atoms with van der Waals surface area (Å²) in [5.74, 6) is -0.969. The highest BCUT2D eigenvalue weighted by Crippen LogP contribution is 2.25. The summed E-state index contributed by atoms with van der Waals surface area (Å²) in [6.45, 7) is 1.37. The Kier molecular flexibility index (Phi) is 5.18. The Labute approximate surface area is 137 Å². The number of carbonyl (C=O) groups is 2. The highest BCUT2D eigenvalue weighted by molar-refractivity contribution is 6.31. The lowest BCUT2D eigenvalue weighted by Gasteiger charge is -2.12. The third kappa shape index (κ3) is 4.20. The summed E-state index contributed by atoms with van der Waals surface area (Å²) in [6, 6.07) is 8.52. The highest BCUT2D eigenvalue weighted by Gasteiger charge is 2.14. The van der Waals surface area contributed by atoms with Crippen LogP contribution in [0.1, 0.15) is 17.3 Å². The van der Waals surface area contributed by atoms with Gasteiger partial charge in [-0.15, -0.1) is 0 Å². The van der Waals surface area contributed by atoms with Crippen LogP contribution in [0.5, 0.6) is 5.75 Å². The molecule has 7 heteroatoms. The third-order valence-corrected chi connectivity index (χ3v) is 3.23. The first kappa shape index (κ1) is 16.8. The number of amides is 2. The van der Waals surface area contributed by atoms with E-state index in [1.165, 1.54) is 32.2 Å². The number of hydrogen-bond acceptors (Lipinski definition) is 3. The van der Waals surface area contributed by atoms with Crippen LogP contribution in [0, 0.1) is 5.82 Å². The normalized spacial score (nSPS) is 10.1. The number of ether oxygens (including phenoxy) is 1. The van der Waals surface area contributed by atoms with Crippen molar-refractivity contribution in [3.8, 4) is 5.75 Å². The standard InChI is InChI=1S/C16H14ClFN2O3/c1-9(21)19-10-4-6-15(23-2)12(7-10)16(22)20-11-3-5-14(18)13(17)8-11/h3-8H,1-2H3,(H,19,21)(H,20,22). The second-order valence-corrected chi connectivity index (χ2v) is 5.09. The maximum Gasteiger partial charge on any atom is 0.259 e. The number of carbonyl (C=O) groups excluding carboxylic acids is 2. The molecule has 0 radical (unpaired) electrons. The van der Waals surface area contributed by atoms with Gasteiger partial charge >= 0.3 is 0 Å². The zero-order valence-corrected chi connectivity index (χ0v) is 13.2. The second kappa shape index (κ2) is 7.11. The van der Waals surface area contributed by atoms with Crippen molar-refractivity contribution in [2.45, 2.75) is 6.92 Å². The fourth-order valence-electron chi connectivity index (χ4n) is 1.94. The van der Waals surface area contributed by atoms with Crippen molar-refractivity contribution in [1.29, 1.82) is 0 Å². The van der Waals surface area contributed by atoms with Crippen molar-refractivity contribution in [2.75, 3.05) is 17.7 Å². The molecule has 23 heavy (non-hydrogen) atoms. The molecule has 0 fully saturated rings. The van der Waals surface area contributed by atoms with Gasteiger partial charge < -0.3 is 15.4 Å². The van der Waals surface area contributed by atoms with Gasteiger partial charge in [0.1, 0.15) is 11.6 Å². The Morgan fingerprint density at radius 2 is 1.74 bits per heavy atom. The molecule has 0 aliphatic rings. The Balaban J connectivity index is 2.29. The summed E-state index contributed by atoms with van der Waals surface area (Å²) in [5, 5.41) is 5.09. The predicted octanol–water partition coefficient (Wildman–Crippen LogP) is 3.70. The molecule has 0 heterocycles. The van der Waals surface area contributed by atoms with Gasteiger partial charge in [-0.2, -0.15) is 0 Å². The molecular formula is C16H14ClFN2O3. The number of nitrogens with one attached hydrogen (secondary N) is 2. The molecule has 5 nitrogen and oxygen atoms in total. The van der Waals surface area contributed by atoms with Crippen LogP contribution in [0.4, 0.5) is 15.8 Å². The second-order valence-electron chi connectivity index (χ2n) is 4.68. The fourth-order valence-corrected chi connectivity index (χ4v) is 2.12. The van der Waals surface area contributed by atoms with Gasteiger partial charge in [-0.1, -0.05) is 11.6 Å². The molecule has 0 atom stereocenters. The van der Waals surface area contributed by atoms with E-state index in [2.05, 4.69) is 10.6 Å². The number of anilines is 2. The van der Waals surface area contributed by atoms with Crippen LogP contribution < -0.4 is 15.4 Å². The smallest absolute Gasteiger partial charge is 0.259 e. The lowest BCUT2D eigenvalue weighted by Crippen LogP contribution is -2.14. The van der Waals surface area contributed by atoms with Gasteiger partial charge in [-0.3, -0.25) is 9.59 Å². The number of benzene rings is 2. The monoisotopic (exact) mass is 336 g/mol. The van der Waals surface area contributed by atoms with Crippen molar-refractivity contribution in [2.24, 2.45) is 0 Å². The highest BCUT2D eigenvalue weighted by atomic mass is 35.5. The van der Waals surface area contributed by atoms with E-state index in [0.29, 0.717) is 17.1 Å². The quantitative estimate of drug-likeness (QED) is 0.894. The van der Waals surface area contributed by atoms with Crippen molar-refractivity contribution in [3.05, 3.63) is 52.8 Å². The average Bonchev–Trinajstić information content (AvgIpc) is 2.50. The van der Waals surface area contributed by atoms with Crippen molar-refractivity contribution in [3.63, 3.8) is 0 Å². The van der Waals surface area contributed by atoms with Gasteiger partial charge in [-0.05, 0) is 36.4 Å². The topological polar surface area (TPSA) is 67.4 Å². The van der Waals surface area contributed by atoms with Gasteiger partial charge in [0.25, 0.3) is 5.91 Å². The van der Waals surface area contributed by atoms with Crippen molar-refractivity contribution in [1.82, 2.24) is 0 Å². The summed E-state index contributed by atoms with van der Waals surface area (Å²) in [7, 11) is 1.43. The molecular weight excluding hydrogens is 323 g/mol. The minimum Gasteiger partial charge on any atom is -0.496 e. The summed E-state index contributed by atoms with van der Waals surface area (Å²) in [5.41, 5.74) is 1.02. The van der Waals surface area contributed by atoms with E-state index in [4.69, 9.17) is 16.3 Å². The maximum atomic E-state index is 13.1. The Hall–Kier alpha value is -2.60. The zero-order chi connectivity index (χ0) is 17.0. The molecule has 0 bridgehead atoms. The van der Waals surface area contributed by atoms with Crippen LogP contribution in [-0.4, -0.2) is 18.9 Å². The Bertz CT molecular complexity index is 765. The van der Waals surface area contributed by atoms with E-state index in [0.717, 1.165) is 6.07 Å². The van der Waals surface area contributed by atoms with Gasteiger partial charge in [0.2, 0.25) is 5.91 Å². The summed E-state index contributed by atoms with van der Waals surface area (Å²) < 4.78 is 18.3. The molecule has 0 saturated carbocycles. The van der Waals surface area contributed by atoms with Crippen molar-refractivity contribution >= 4 is 34.8 Å². The molecule has 0 aliphatic heterocycles. The molecule has 0 aliphatic carbocycles. The van der Waals surface area contributed by atoms with E-state index >= 15 is 0 Å². The van der Waals surface area contributed by atoms with E-state index < -0.39 is 11.7 Å². The predicted molar refractivity (Wildman–Crippen MR) is 86.7 cm³/mol. The molecule has 120 valence electrons. The number of methoxy groups -OCH3 is 1. The largest absolute Gasteiger partial charge is 0.496 e. The van der Waals surface area contributed by atoms with E-state index in [1.807, 2.05) is 0 Å². The first-order valence-corrected chi connectivity index (χ1v) is 7.00. The minimum absolute atomic E-state index is 0.0956. The molecule has 2 rings (SSSR count). The molecule has 0 spiro atoms. The van der Waals surface area contributed by atoms with Crippen LogP contribution in [0.3, 0.4) is 0 Å². The third-order valence-electron chi connectivity index (χ3n) is 2.94. The van der Waals surface area contributed by atoms with E-state index in [9.17, 15) is 14.0 Å². The summed E-state index contributed by atoms with van der Waals surface area (Å²) in [4.78, 5) is 23.5. The van der Waals surface area contributed by atoms with Crippen molar-refractivity contribution < 1.29 is 18.7 Å². The minimum atomic E-state index is -0.574. The lowest BCUT2D eigenvalue weighted by atomic mass is 10.1. The molecule has 2 amide bonds. The Morgan fingerprint density at radius 1 is 1.09 bits per heavy atom. The van der Waals surface area contributed by atoms with E-state index in [-0.39, 0.29) is 16.5 Å². The van der Waals surface area contributed by atoms with Crippen LogP contribution in [0.2, 0.25) is 5.02 Å². The summed E-state index contributed by atoms with van der Waals surface area (Å²) in [6.07, 6.45) is 0. The Morgan fingerprint density at radius 3 is 2.35 bits per heavy atom. The average molecular weight is 337 g/mol. The molecule has 2 aromatic carbocycles. The van der Waals surface area contributed by atoms with Gasteiger partial charge in [0.05, 0.1) is 17.7 Å². The molecule has 0 unspecified atom stereocenters. The number of hydrogen-bond donors (Lipinski definition) is 2. The van der Waals surface area contributed by atoms with Gasteiger partial charge in [-0.25, -0.2) is 4.39 Å². The molecule has 0 aromatic heterocycles. The maximum absolute atomic E-state index is 13.1. The lowest BCUT2D eigenvalue weighted by molar-refractivity contribution is -0.114. The van der Waals surface area contributed by atoms with Crippen LogP contribution >= 0.6 is 11.6 Å². The van der Waals surface area contributed by atoms with E-state index in [1.54, 1.807) is 12.1 Å². The molecule has 2 aromatic rings.